The monoisotopic (exact) mass is 328 g/mol. The Morgan fingerprint density at radius 2 is 1.79 bits per heavy atom. The van der Waals surface area contributed by atoms with Crippen molar-refractivity contribution in [3.63, 3.8) is 0 Å². The molecular formula is C19H21FN2O2. The Bertz CT molecular complexity index is 726. The van der Waals surface area contributed by atoms with E-state index in [-0.39, 0.29) is 18.4 Å². The van der Waals surface area contributed by atoms with E-state index in [2.05, 4.69) is 19.2 Å². The normalized spacial score (nSPS) is 10.5. The van der Waals surface area contributed by atoms with Crippen LogP contribution >= 0.6 is 0 Å². The van der Waals surface area contributed by atoms with Gasteiger partial charge in [0, 0.05) is 18.3 Å². The predicted molar refractivity (Wildman–Crippen MR) is 93.6 cm³/mol. The molecule has 0 radical (unpaired) electrons. The largest absolute Gasteiger partial charge is 0.325 e. The van der Waals surface area contributed by atoms with Crippen LogP contribution in [0.25, 0.3) is 0 Å². The number of halogens is 1. The molecule has 0 aliphatic rings. The Morgan fingerprint density at radius 3 is 2.33 bits per heavy atom. The average Bonchev–Trinajstić information content (AvgIpc) is 2.52. The molecule has 2 amide bonds. The molecule has 0 aliphatic carbocycles. The second-order valence-electron chi connectivity index (χ2n) is 5.91. The van der Waals surface area contributed by atoms with Crippen LogP contribution in [0.2, 0.25) is 0 Å². The van der Waals surface area contributed by atoms with Crippen LogP contribution in [0, 0.1) is 5.82 Å². The van der Waals surface area contributed by atoms with Gasteiger partial charge in [-0.25, -0.2) is 4.39 Å². The number of carbonyl (C=O) groups excluding carboxylic acids is 2. The first kappa shape index (κ1) is 17.7. The molecule has 0 spiro atoms. The Morgan fingerprint density at radius 1 is 1.12 bits per heavy atom. The van der Waals surface area contributed by atoms with Crippen molar-refractivity contribution in [2.75, 3.05) is 16.8 Å². The van der Waals surface area contributed by atoms with Crippen LogP contribution in [0.3, 0.4) is 0 Å². The summed E-state index contributed by atoms with van der Waals surface area (Å²) >= 11 is 0. The Labute approximate surface area is 141 Å². The first-order chi connectivity index (χ1) is 11.4. The van der Waals surface area contributed by atoms with E-state index < -0.39 is 5.82 Å². The van der Waals surface area contributed by atoms with E-state index in [4.69, 9.17) is 0 Å². The molecule has 0 heterocycles. The molecule has 0 saturated heterocycles. The average molecular weight is 328 g/mol. The molecule has 126 valence electrons. The highest BCUT2D eigenvalue weighted by Crippen LogP contribution is 2.18. The Balaban J connectivity index is 2.07. The van der Waals surface area contributed by atoms with Gasteiger partial charge in [-0.2, -0.15) is 0 Å². The van der Waals surface area contributed by atoms with Crippen LogP contribution < -0.4 is 10.2 Å². The number of carbonyl (C=O) groups is 2. The zero-order valence-corrected chi connectivity index (χ0v) is 14.0. The molecule has 5 heteroatoms. The zero-order chi connectivity index (χ0) is 17.7. The number of hydrogen-bond acceptors (Lipinski definition) is 2. The van der Waals surface area contributed by atoms with Gasteiger partial charge in [-0.15, -0.1) is 0 Å². The lowest BCUT2D eigenvalue weighted by molar-refractivity contribution is -0.120. The van der Waals surface area contributed by atoms with E-state index in [0.29, 0.717) is 17.3 Å². The van der Waals surface area contributed by atoms with Crippen molar-refractivity contribution in [2.24, 2.45) is 0 Å². The molecule has 1 N–H and O–H groups in total. The van der Waals surface area contributed by atoms with Gasteiger partial charge < -0.3 is 10.2 Å². The highest BCUT2D eigenvalue weighted by molar-refractivity contribution is 6.01. The zero-order valence-electron chi connectivity index (χ0n) is 14.0. The van der Waals surface area contributed by atoms with Crippen molar-refractivity contribution in [3.05, 3.63) is 59.9 Å². The lowest BCUT2D eigenvalue weighted by atomic mass is 10.0. The molecule has 0 bridgehead atoms. The number of amides is 2. The van der Waals surface area contributed by atoms with Crippen molar-refractivity contribution in [3.8, 4) is 0 Å². The smallest absolute Gasteiger partial charge is 0.244 e. The lowest BCUT2D eigenvalue weighted by Gasteiger charge is -2.20. The van der Waals surface area contributed by atoms with E-state index in [1.807, 2.05) is 24.3 Å². The van der Waals surface area contributed by atoms with Gasteiger partial charge in [0.2, 0.25) is 11.8 Å². The third-order valence-electron chi connectivity index (χ3n) is 3.66. The summed E-state index contributed by atoms with van der Waals surface area (Å²) in [5, 5.41) is 2.75. The molecule has 0 unspecified atom stereocenters. The van der Waals surface area contributed by atoms with Crippen molar-refractivity contribution in [1.82, 2.24) is 0 Å². The number of hydrogen-bond donors (Lipinski definition) is 1. The minimum absolute atomic E-state index is 0.176. The van der Waals surface area contributed by atoms with Crippen LogP contribution in [0.4, 0.5) is 15.8 Å². The van der Waals surface area contributed by atoms with Crippen molar-refractivity contribution in [2.45, 2.75) is 26.7 Å². The molecule has 2 rings (SSSR count). The topological polar surface area (TPSA) is 49.4 Å². The van der Waals surface area contributed by atoms with Crippen LogP contribution in [0.1, 0.15) is 32.3 Å². The van der Waals surface area contributed by atoms with Crippen LogP contribution in [0.5, 0.6) is 0 Å². The summed E-state index contributed by atoms with van der Waals surface area (Å²) in [6.45, 7) is 5.36. The van der Waals surface area contributed by atoms with E-state index in [9.17, 15) is 14.0 Å². The second-order valence-corrected chi connectivity index (χ2v) is 5.91. The molecule has 24 heavy (non-hydrogen) atoms. The summed E-state index contributed by atoms with van der Waals surface area (Å²) in [5.74, 6) is -0.711. The van der Waals surface area contributed by atoms with Gasteiger partial charge in [-0.3, -0.25) is 9.59 Å². The first-order valence-electron chi connectivity index (χ1n) is 7.80. The van der Waals surface area contributed by atoms with Gasteiger partial charge in [0.15, 0.2) is 0 Å². The van der Waals surface area contributed by atoms with Gasteiger partial charge >= 0.3 is 0 Å². The maximum atomic E-state index is 13.3. The second kappa shape index (κ2) is 7.73. The molecule has 0 fully saturated rings. The Kier molecular flexibility index (Phi) is 5.68. The molecule has 0 saturated carbocycles. The number of benzene rings is 2. The molecular weight excluding hydrogens is 307 g/mol. The lowest BCUT2D eigenvalue weighted by Crippen LogP contribution is -2.36. The highest BCUT2D eigenvalue weighted by atomic mass is 19.1. The minimum atomic E-state index is -0.455. The molecule has 0 atom stereocenters. The van der Waals surface area contributed by atoms with Crippen molar-refractivity contribution >= 4 is 23.2 Å². The maximum absolute atomic E-state index is 13.3. The van der Waals surface area contributed by atoms with E-state index in [1.165, 1.54) is 35.6 Å². The fourth-order valence-electron chi connectivity index (χ4n) is 2.32. The van der Waals surface area contributed by atoms with Crippen LogP contribution in [-0.4, -0.2) is 18.4 Å². The molecule has 4 nitrogen and oxygen atoms in total. The summed E-state index contributed by atoms with van der Waals surface area (Å²) in [6.07, 6.45) is 0. The van der Waals surface area contributed by atoms with E-state index in [1.54, 1.807) is 6.07 Å². The number of nitrogens with zero attached hydrogens (tertiary/aromatic N) is 1. The number of nitrogens with one attached hydrogen (secondary N) is 1. The summed E-state index contributed by atoms with van der Waals surface area (Å²) < 4.78 is 13.3. The quantitative estimate of drug-likeness (QED) is 0.904. The van der Waals surface area contributed by atoms with Gasteiger partial charge in [0.05, 0.1) is 0 Å². The van der Waals surface area contributed by atoms with Gasteiger partial charge in [-0.05, 0) is 41.8 Å². The summed E-state index contributed by atoms with van der Waals surface area (Å²) in [6, 6.07) is 13.2. The summed E-state index contributed by atoms with van der Waals surface area (Å²) in [4.78, 5) is 25.2. The van der Waals surface area contributed by atoms with Gasteiger partial charge in [0.25, 0.3) is 0 Å². The fourth-order valence-corrected chi connectivity index (χ4v) is 2.32. The standard InChI is InChI=1S/C19H21FN2O2/c1-13(2)15-7-9-17(10-8-15)21-19(24)12-22(14(3)23)18-6-4-5-16(20)11-18/h4-11,13H,12H2,1-3H3,(H,21,24). The Hall–Kier alpha value is -2.69. The highest BCUT2D eigenvalue weighted by Gasteiger charge is 2.16. The number of rotatable bonds is 5. The molecule has 0 aromatic heterocycles. The third kappa shape index (κ3) is 4.65. The van der Waals surface area contributed by atoms with E-state index >= 15 is 0 Å². The summed E-state index contributed by atoms with van der Waals surface area (Å²) in [7, 11) is 0. The van der Waals surface area contributed by atoms with E-state index in [0.717, 1.165) is 0 Å². The minimum Gasteiger partial charge on any atom is -0.325 e. The number of anilines is 2. The van der Waals surface area contributed by atoms with Crippen LogP contribution in [-0.2, 0) is 9.59 Å². The first-order valence-corrected chi connectivity index (χ1v) is 7.80. The van der Waals surface area contributed by atoms with Gasteiger partial charge in [0.1, 0.15) is 12.4 Å². The summed E-state index contributed by atoms with van der Waals surface area (Å²) in [5.41, 5.74) is 2.19. The fraction of sp³-hybridized carbons (Fsp3) is 0.263. The SMILES string of the molecule is CC(=O)N(CC(=O)Nc1ccc(C(C)C)cc1)c1cccc(F)c1. The molecule has 2 aromatic rings. The van der Waals surface area contributed by atoms with Gasteiger partial charge in [-0.1, -0.05) is 32.0 Å². The van der Waals surface area contributed by atoms with Crippen LogP contribution in [0.15, 0.2) is 48.5 Å². The van der Waals surface area contributed by atoms with Crippen molar-refractivity contribution < 1.29 is 14.0 Å². The maximum Gasteiger partial charge on any atom is 0.244 e. The molecule has 0 aliphatic heterocycles. The van der Waals surface area contributed by atoms with Crippen molar-refractivity contribution in [1.29, 1.82) is 0 Å². The molecule has 2 aromatic carbocycles. The third-order valence-corrected chi connectivity index (χ3v) is 3.66. The predicted octanol–water partition coefficient (Wildman–Crippen LogP) is 3.94.